The second-order valence-electron chi connectivity index (χ2n) is 7.54. The summed E-state index contributed by atoms with van der Waals surface area (Å²) in [5.41, 5.74) is 1.66. The number of likely N-dealkylation sites (tertiary alicyclic amines) is 1. The number of rotatable bonds is 8. The summed E-state index contributed by atoms with van der Waals surface area (Å²) < 4.78 is 11.5. The number of methoxy groups -OCH3 is 2. The number of hydrogen-bond acceptors (Lipinski definition) is 5. The highest BCUT2D eigenvalue weighted by Crippen LogP contribution is 2.27. The Morgan fingerprint density at radius 3 is 2.32 bits per heavy atom. The zero-order valence-electron chi connectivity index (χ0n) is 17.8. The number of amides is 2. The number of anilines is 1. The summed E-state index contributed by atoms with van der Waals surface area (Å²) >= 11 is 3.38. The van der Waals surface area contributed by atoms with Crippen molar-refractivity contribution in [1.29, 1.82) is 0 Å². The first kappa shape index (κ1) is 23.1. The quantitative estimate of drug-likeness (QED) is 0.594. The Bertz CT molecular complexity index is 896. The van der Waals surface area contributed by atoms with E-state index in [9.17, 15) is 9.59 Å². The summed E-state index contributed by atoms with van der Waals surface area (Å²) in [5.74, 6) is 1.21. The van der Waals surface area contributed by atoms with Crippen LogP contribution in [-0.4, -0.2) is 56.6 Å². The maximum absolute atomic E-state index is 12.5. The van der Waals surface area contributed by atoms with Crippen molar-refractivity contribution in [2.45, 2.75) is 25.3 Å². The van der Waals surface area contributed by atoms with Gasteiger partial charge in [0.15, 0.2) is 11.5 Å². The van der Waals surface area contributed by atoms with Crippen LogP contribution in [0.1, 0.15) is 18.4 Å². The van der Waals surface area contributed by atoms with Crippen molar-refractivity contribution in [3.63, 3.8) is 0 Å². The molecule has 2 amide bonds. The fourth-order valence-electron chi connectivity index (χ4n) is 3.63. The third kappa shape index (κ3) is 6.97. The number of benzene rings is 2. The maximum Gasteiger partial charge on any atom is 0.238 e. The first-order valence-electron chi connectivity index (χ1n) is 10.2. The molecule has 0 unspecified atom stereocenters. The lowest BCUT2D eigenvalue weighted by Gasteiger charge is -2.31. The van der Waals surface area contributed by atoms with Crippen molar-refractivity contribution >= 4 is 33.4 Å². The normalized spacial score (nSPS) is 14.7. The molecular formula is C23H28BrN3O4. The van der Waals surface area contributed by atoms with E-state index in [2.05, 4.69) is 31.5 Å². The zero-order valence-corrected chi connectivity index (χ0v) is 19.4. The lowest BCUT2D eigenvalue weighted by molar-refractivity contribution is -0.122. The van der Waals surface area contributed by atoms with Crippen molar-refractivity contribution in [1.82, 2.24) is 10.2 Å². The van der Waals surface area contributed by atoms with Crippen molar-refractivity contribution in [3.05, 3.63) is 52.5 Å². The van der Waals surface area contributed by atoms with Crippen molar-refractivity contribution in [2.24, 2.45) is 0 Å². The van der Waals surface area contributed by atoms with Crippen LogP contribution in [0.3, 0.4) is 0 Å². The van der Waals surface area contributed by atoms with Gasteiger partial charge >= 0.3 is 0 Å². The van der Waals surface area contributed by atoms with Crippen LogP contribution in [0, 0.1) is 0 Å². The second-order valence-corrected chi connectivity index (χ2v) is 8.45. The summed E-state index contributed by atoms with van der Waals surface area (Å²) in [4.78, 5) is 26.8. The van der Waals surface area contributed by atoms with Gasteiger partial charge in [-0.05, 0) is 54.8 Å². The molecule has 31 heavy (non-hydrogen) atoms. The van der Waals surface area contributed by atoms with Gasteiger partial charge in [0, 0.05) is 29.3 Å². The lowest BCUT2D eigenvalue weighted by Crippen LogP contribution is -2.46. The van der Waals surface area contributed by atoms with Gasteiger partial charge in [0.2, 0.25) is 11.8 Å². The van der Waals surface area contributed by atoms with E-state index in [0.29, 0.717) is 18.0 Å². The highest BCUT2D eigenvalue weighted by Gasteiger charge is 2.22. The molecule has 8 heteroatoms. The second kappa shape index (κ2) is 11.2. The van der Waals surface area contributed by atoms with Crippen LogP contribution in [0.4, 0.5) is 5.69 Å². The van der Waals surface area contributed by atoms with Gasteiger partial charge in [0.1, 0.15) is 0 Å². The van der Waals surface area contributed by atoms with E-state index in [1.165, 1.54) is 0 Å². The van der Waals surface area contributed by atoms with Crippen LogP contribution < -0.4 is 20.1 Å². The Morgan fingerprint density at radius 2 is 1.68 bits per heavy atom. The SMILES string of the molecule is COc1ccc(CC(=O)NC2CCN(CC(=O)Nc3ccc(Br)cc3)CC2)cc1OC. The number of ether oxygens (including phenoxy) is 2. The molecule has 0 radical (unpaired) electrons. The zero-order chi connectivity index (χ0) is 22.2. The lowest BCUT2D eigenvalue weighted by atomic mass is 10.0. The van der Waals surface area contributed by atoms with Gasteiger partial charge in [-0.2, -0.15) is 0 Å². The number of nitrogens with one attached hydrogen (secondary N) is 2. The van der Waals surface area contributed by atoms with Crippen molar-refractivity contribution in [3.8, 4) is 11.5 Å². The molecule has 2 aromatic rings. The minimum Gasteiger partial charge on any atom is -0.493 e. The standard InChI is InChI=1S/C23H28BrN3O4/c1-30-20-8-3-16(13-21(20)31-2)14-22(28)25-19-9-11-27(12-10-19)15-23(29)26-18-6-4-17(24)5-7-18/h3-8,13,19H,9-12,14-15H2,1-2H3,(H,25,28)(H,26,29). The van der Waals surface area contributed by atoms with Crippen LogP contribution in [0.2, 0.25) is 0 Å². The molecule has 0 aliphatic carbocycles. The van der Waals surface area contributed by atoms with E-state index in [1.54, 1.807) is 20.3 Å². The molecule has 2 aromatic carbocycles. The van der Waals surface area contributed by atoms with Crippen LogP contribution in [0.25, 0.3) is 0 Å². The van der Waals surface area contributed by atoms with E-state index in [1.807, 2.05) is 36.4 Å². The Balaban J connectivity index is 1.41. The number of nitrogens with zero attached hydrogens (tertiary/aromatic N) is 1. The number of halogens is 1. The Labute approximate surface area is 191 Å². The minimum absolute atomic E-state index is 0.0151. The molecule has 1 aliphatic heterocycles. The summed E-state index contributed by atoms with van der Waals surface area (Å²) in [6.45, 7) is 1.90. The minimum atomic E-state index is -0.0294. The van der Waals surface area contributed by atoms with Crippen LogP contribution in [0.5, 0.6) is 11.5 Å². The Kier molecular flexibility index (Phi) is 8.31. The van der Waals surface area contributed by atoms with Gasteiger partial charge in [-0.15, -0.1) is 0 Å². The van der Waals surface area contributed by atoms with E-state index in [0.717, 1.165) is 41.7 Å². The molecule has 1 fully saturated rings. The summed E-state index contributed by atoms with van der Waals surface area (Å²) in [6, 6.07) is 13.1. The third-order valence-corrected chi connectivity index (χ3v) is 5.79. The molecule has 0 bridgehead atoms. The molecule has 1 aliphatic rings. The summed E-state index contributed by atoms with van der Waals surface area (Å²) in [6.07, 6.45) is 1.93. The van der Waals surface area contributed by atoms with E-state index in [-0.39, 0.29) is 24.3 Å². The van der Waals surface area contributed by atoms with Gasteiger partial charge < -0.3 is 20.1 Å². The van der Waals surface area contributed by atoms with Gasteiger partial charge in [-0.1, -0.05) is 22.0 Å². The van der Waals surface area contributed by atoms with Gasteiger partial charge in [-0.3, -0.25) is 14.5 Å². The molecule has 7 nitrogen and oxygen atoms in total. The summed E-state index contributed by atoms with van der Waals surface area (Å²) in [7, 11) is 3.16. The molecule has 166 valence electrons. The predicted molar refractivity (Wildman–Crippen MR) is 124 cm³/mol. The highest BCUT2D eigenvalue weighted by atomic mass is 79.9. The average molecular weight is 490 g/mol. The number of carbonyl (C=O) groups excluding carboxylic acids is 2. The smallest absolute Gasteiger partial charge is 0.238 e. The molecule has 1 heterocycles. The predicted octanol–water partition coefficient (Wildman–Crippen LogP) is 3.23. The van der Waals surface area contributed by atoms with E-state index < -0.39 is 0 Å². The monoisotopic (exact) mass is 489 g/mol. The van der Waals surface area contributed by atoms with Gasteiger partial charge in [0.25, 0.3) is 0 Å². The van der Waals surface area contributed by atoms with Crippen LogP contribution in [0.15, 0.2) is 46.9 Å². The molecular weight excluding hydrogens is 462 g/mol. The van der Waals surface area contributed by atoms with Gasteiger partial charge in [0.05, 0.1) is 27.2 Å². The first-order valence-corrected chi connectivity index (χ1v) is 11.0. The molecule has 1 saturated heterocycles. The fraction of sp³-hybridized carbons (Fsp3) is 0.391. The average Bonchev–Trinajstić information content (AvgIpc) is 2.76. The third-order valence-electron chi connectivity index (χ3n) is 5.26. The van der Waals surface area contributed by atoms with Crippen LogP contribution >= 0.6 is 15.9 Å². The topological polar surface area (TPSA) is 79.9 Å². The number of carbonyl (C=O) groups is 2. The number of piperidine rings is 1. The Morgan fingerprint density at radius 1 is 1.00 bits per heavy atom. The molecule has 3 rings (SSSR count). The van der Waals surface area contributed by atoms with E-state index >= 15 is 0 Å². The first-order chi connectivity index (χ1) is 15.0. The van der Waals surface area contributed by atoms with Crippen molar-refractivity contribution in [2.75, 3.05) is 39.2 Å². The molecule has 0 aromatic heterocycles. The molecule has 2 N–H and O–H groups in total. The summed E-state index contributed by atoms with van der Waals surface area (Å²) in [5, 5.41) is 6.02. The number of hydrogen-bond donors (Lipinski definition) is 2. The molecule has 0 saturated carbocycles. The largest absolute Gasteiger partial charge is 0.493 e. The molecule has 0 spiro atoms. The van der Waals surface area contributed by atoms with Crippen molar-refractivity contribution < 1.29 is 19.1 Å². The Hall–Kier alpha value is -2.58. The van der Waals surface area contributed by atoms with Gasteiger partial charge in [-0.25, -0.2) is 0 Å². The maximum atomic E-state index is 12.5. The van der Waals surface area contributed by atoms with E-state index in [4.69, 9.17) is 9.47 Å². The fourth-order valence-corrected chi connectivity index (χ4v) is 3.89. The molecule has 0 atom stereocenters. The highest BCUT2D eigenvalue weighted by molar-refractivity contribution is 9.10. The van der Waals surface area contributed by atoms with Crippen LogP contribution in [-0.2, 0) is 16.0 Å².